The number of carbonyl (C=O) groups excluding carboxylic acids is 2. The summed E-state index contributed by atoms with van der Waals surface area (Å²) in [7, 11) is 1.48. The van der Waals surface area contributed by atoms with Crippen molar-refractivity contribution in [2.75, 3.05) is 7.05 Å². The number of rotatable bonds is 6. The van der Waals surface area contributed by atoms with E-state index < -0.39 is 11.5 Å². The molecule has 1 aromatic heterocycles. The van der Waals surface area contributed by atoms with Crippen molar-refractivity contribution in [1.29, 1.82) is 0 Å². The van der Waals surface area contributed by atoms with Crippen molar-refractivity contribution in [3.8, 4) is 0 Å². The highest BCUT2D eigenvalue weighted by atomic mass is 16.2. The predicted molar refractivity (Wildman–Crippen MR) is 100 cm³/mol. The summed E-state index contributed by atoms with van der Waals surface area (Å²) in [4.78, 5) is 37.5. The number of amides is 1. The van der Waals surface area contributed by atoms with Crippen LogP contribution in [-0.2, 0) is 6.54 Å². The summed E-state index contributed by atoms with van der Waals surface area (Å²) < 4.78 is 1.45. The first-order chi connectivity index (χ1) is 12.3. The third kappa shape index (κ3) is 3.77. The van der Waals surface area contributed by atoms with Crippen molar-refractivity contribution >= 4 is 11.7 Å². The van der Waals surface area contributed by atoms with Crippen LogP contribution in [-0.4, -0.2) is 23.3 Å². The smallest absolute Gasteiger partial charge is 0.263 e. The summed E-state index contributed by atoms with van der Waals surface area (Å²) in [6, 6.07) is 10.9. The molecule has 1 atom stereocenters. The second-order valence-electron chi connectivity index (χ2n) is 7.66. The van der Waals surface area contributed by atoms with E-state index in [4.69, 9.17) is 0 Å². The molecule has 1 aromatic carbocycles. The lowest BCUT2D eigenvalue weighted by atomic mass is 10.0. The van der Waals surface area contributed by atoms with Crippen molar-refractivity contribution < 1.29 is 9.59 Å². The molecule has 1 fully saturated rings. The van der Waals surface area contributed by atoms with Crippen molar-refractivity contribution in [3.63, 3.8) is 0 Å². The predicted octanol–water partition coefficient (Wildman–Crippen LogP) is 2.88. The summed E-state index contributed by atoms with van der Waals surface area (Å²) in [5, 5.41) is 2.48. The molecule has 0 bridgehead atoms. The third-order valence-corrected chi connectivity index (χ3v) is 5.22. The van der Waals surface area contributed by atoms with E-state index in [9.17, 15) is 14.4 Å². The van der Waals surface area contributed by atoms with Gasteiger partial charge in [0.1, 0.15) is 5.56 Å². The van der Waals surface area contributed by atoms with Crippen molar-refractivity contribution in [2.45, 2.75) is 33.2 Å². The maximum Gasteiger partial charge on any atom is 0.263 e. The zero-order chi connectivity index (χ0) is 18.9. The highest BCUT2D eigenvalue weighted by Crippen LogP contribution is 2.53. The molecule has 1 amide bonds. The molecule has 1 aliphatic rings. The van der Waals surface area contributed by atoms with Gasteiger partial charge in [-0.1, -0.05) is 44.2 Å². The van der Waals surface area contributed by atoms with Gasteiger partial charge in [-0.3, -0.25) is 14.4 Å². The highest BCUT2D eigenvalue weighted by molar-refractivity contribution is 6.00. The largest absolute Gasteiger partial charge is 0.355 e. The molecule has 5 nitrogen and oxygen atoms in total. The number of hydrogen-bond donors (Lipinski definition) is 1. The first-order valence-corrected chi connectivity index (χ1v) is 8.85. The molecule has 1 aliphatic carbocycles. The minimum Gasteiger partial charge on any atom is -0.355 e. The Morgan fingerprint density at radius 3 is 2.46 bits per heavy atom. The van der Waals surface area contributed by atoms with Crippen molar-refractivity contribution in [3.05, 3.63) is 69.6 Å². The van der Waals surface area contributed by atoms with Gasteiger partial charge in [0.05, 0.1) is 6.54 Å². The SMILES string of the molecule is CNC(=O)c1cc(C(=O)CC2CC2(C)C)cn(Cc2ccccc2)c1=O. The third-order valence-electron chi connectivity index (χ3n) is 5.22. The Morgan fingerprint density at radius 1 is 1.23 bits per heavy atom. The number of pyridine rings is 1. The van der Waals surface area contributed by atoms with E-state index in [1.165, 1.54) is 17.7 Å². The van der Waals surface area contributed by atoms with Gasteiger partial charge in [-0.2, -0.15) is 0 Å². The number of nitrogens with zero attached hydrogens (tertiary/aromatic N) is 1. The lowest BCUT2D eigenvalue weighted by Gasteiger charge is -2.11. The zero-order valence-corrected chi connectivity index (χ0v) is 15.4. The first-order valence-electron chi connectivity index (χ1n) is 8.85. The van der Waals surface area contributed by atoms with Crippen molar-refractivity contribution in [1.82, 2.24) is 9.88 Å². The van der Waals surface area contributed by atoms with Gasteiger partial charge in [0.15, 0.2) is 5.78 Å². The molecule has 1 unspecified atom stereocenters. The van der Waals surface area contributed by atoms with Crippen LogP contribution in [0, 0.1) is 11.3 Å². The molecule has 1 N–H and O–H groups in total. The Morgan fingerprint density at radius 2 is 1.88 bits per heavy atom. The minimum absolute atomic E-state index is 0.00402. The highest BCUT2D eigenvalue weighted by Gasteiger charge is 2.46. The fourth-order valence-corrected chi connectivity index (χ4v) is 3.25. The summed E-state index contributed by atoms with van der Waals surface area (Å²) in [5.41, 5.74) is 1.17. The van der Waals surface area contributed by atoms with Crippen LogP contribution in [0.5, 0.6) is 0 Å². The molecular formula is C21H24N2O3. The molecule has 0 saturated heterocycles. The lowest BCUT2D eigenvalue weighted by molar-refractivity contribution is 0.0961. The van der Waals surface area contributed by atoms with Crippen molar-refractivity contribution in [2.24, 2.45) is 11.3 Å². The van der Waals surface area contributed by atoms with Crippen LogP contribution in [0.4, 0.5) is 0 Å². The zero-order valence-electron chi connectivity index (χ0n) is 15.4. The number of nitrogens with one attached hydrogen (secondary N) is 1. The molecule has 0 radical (unpaired) electrons. The van der Waals surface area contributed by atoms with Gasteiger partial charge < -0.3 is 9.88 Å². The topological polar surface area (TPSA) is 68.2 Å². The Kier molecular flexibility index (Phi) is 4.81. The number of benzene rings is 1. The van der Waals surface area contributed by atoms with Gasteiger partial charge in [0, 0.05) is 25.2 Å². The molecule has 0 aliphatic heterocycles. The van der Waals surface area contributed by atoms with Crippen LogP contribution >= 0.6 is 0 Å². The molecule has 1 heterocycles. The van der Waals surface area contributed by atoms with E-state index in [0.717, 1.165) is 12.0 Å². The quantitative estimate of drug-likeness (QED) is 0.813. The maximum atomic E-state index is 12.7. The molecule has 3 rings (SSSR count). The van der Waals surface area contributed by atoms with Crippen LogP contribution < -0.4 is 10.9 Å². The number of ketones is 1. The fourth-order valence-electron chi connectivity index (χ4n) is 3.25. The maximum absolute atomic E-state index is 12.7. The van der Waals surface area contributed by atoms with Gasteiger partial charge in [0.2, 0.25) is 0 Å². The first kappa shape index (κ1) is 18.1. The minimum atomic E-state index is -0.474. The van der Waals surface area contributed by atoms with Crippen LogP contribution in [0.2, 0.25) is 0 Å². The van der Waals surface area contributed by atoms with Crippen LogP contribution in [0.1, 0.15) is 53.0 Å². The molecule has 1 saturated carbocycles. The van der Waals surface area contributed by atoms with E-state index in [-0.39, 0.29) is 16.8 Å². The average Bonchev–Trinajstić information content (AvgIpc) is 3.22. The van der Waals surface area contributed by atoms with Crippen LogP contribution in [0.3, 0.4) is 0 Å². The Balaban J connectivity index is 1.96. The van der Waals surface area contributed by atoms with Gasteiger partial charge in [0.25, 0.3) is 11.5 Å². The van der Waals surface area contributed by atoms with Crippen LogP contribution in [0.25, 0.3) is 0 Å². The van der Waals surface area contributed by atoms with Gasteiger partial charge in [-0.05, 0) is 29.4 Å². The Hall–Kier alpha value is -2.69. The number of carbonyl (C=O) groups is 2. The van der Waals surface area contributed by atoms with Crippen LogP contribution in [0.15, 0.2) is 47.4 Å². The van der Waals surface area contributed by atoms with Gasteiger partial charge in [-0.25, -0.2) is 0 Å². The van der Waals surface area contributed by atoms with Gasteiger partial charge in [-0.15, -0.1) is 0 Å². The van der Waals surface area contributed by atoms with E-state index >= 15 is 0 Å². The Labute approximate surface area is 153 Å². The second kappa shape index (κ2) is 6.90. The molecule has 136 valence electrons. The number of aromatic nitrogens is 1. The number of Topliss-reactive ketones (excluding diaryl/α,β-unsaturated/α-hetero) is 1. The molecular weight excluding hydrogens is 328 g/mol. The average molecular weight is 352 g/mol. The monoisotopic (exact) mass is 352 g/mol. The summed E-state index contributed by atoms with van der Waals surface area (Å²) >= 11 is 0. The van der Waals surface area contributed by atoms with E-state index in [1.807, 2.05) is 30.3 Å². The standard InChI is InChI=1S/C21H24N2O3/c1-21(2)11-16(21)10-18(24)15-9-17(19(25)22-3)20(26)23(13-15)12-14-7-5-4-6-8-14/h4-9,13,16H,10-12H2,1-3H3,(H,22,25). The molecule has 26 heavy (non-hydrogen) atoms. The molecule has 5 heteroatoms. The summed E-state index contributed by atoms with van der Waals surface area (Å²) in [5.74, 6) is -0.126. The molecule has 2 aromatic rings. The lowest BCUT2D eigenvalue weighted by Crippen LogP contribution is -2.32. The fraction of sp³-hybridized carbons (Fsp3) is 0.381. The molecule has 0 spiro atoms. The van der Waals surface area contributed by atoms with E-state index in [1.54, 1.807) is 6.20 Å². The number of hydrogen-bond acceptors (Lipinski definition) is 3. The Bertz CT molecular complexity index is 897. The normalized spacial score (nSPS) is 17.6. The summed E-state index contributed by atoms with van der Waals surface area (Å²) in [6.07, 6.45) is 3.06. The van der Waals surface area contributed by atoms with Gasteiger partial charge >= 0.3 is 0 Å². The second-order valence-corrected chi connectivity index (χ2v) is 7.66. The van der Waals surface area contributed by atoms with E-state index in [2.05, 4.69) is 19.2 Å². The summed E-state index contributed by atoms with van der Waals surface area (Å²) in [6.45, 7) is 4.62. The van der Waals surface area contributed by atoms with E-state index in [0.29, 0.717) is 24.4 Å².